The molecular weight excluding hydrogens is 283 g/mol. The fourth-order valence-corrected chi connectivity index (χ4v) is 1.57. The number of benzene rings is 1. The molecule has 1 unspecified atom stereocenters. The first-order chi connectivity index (χ1) is 9.32. The normalized spacial score (nSPS) is 15.9. The summed E-state index contributed by atoms with van der Waals surface area (Å²) in [7, 11) is 0. The predicted octanol–water partition coefficient (Wildman–Crippen LogP) is 2.46. The van der Waals surface area contributed by atoms with Crippen LogP contribution in [0.15, 0.2) is 0 Å². The molecular formula is C12H11F5N2O. The zero-order valence-corrected chi connectivity index (χ0v) is 10.4. The average molecular weight is 294 g/mol. The van der Waals surface area contributed by atoms with Crippen molar-refractivity contribution in [2.24, 2.45) is 0 Å². The van der Waals surface area contributed by atoms with E-state index >= 15 is 0 Å². The van der Waals surface area contributed by atoms with Crippen LogP contribution in [0, 0.1) is 29.1 Å². The van der Waals surface area contributed by atoms with Gasteiger partial charge in [0.15, 0.2) is 23.3 Å². The number of nitrogens with one attached hydrogen (secondary N) is 2. The van der Waals surface area contributed by atoms with E-state index in [0.29, 0.717) is 0 Å². The third-order valence-corrected chi connectivity index (χ3v) is 2.89. The molecule has 1 aliphatic carbocycles. The van der Waals surface area contributed by atoms with Crippen LogP contribution in [0.5, 0.6) is 0 Å². The van der Waals surface area contributed by atoms with Crippen LogP contribution in [-0.4, -0.2) is 18.0 Å². The van der Waals surface area contributed by atoms with Gasteiger partial charge in [-0.2, -0.15) is 0 Å². The van der Waals surface area contributed by atoms with Gasteiger partial charge in [0.25, 0.3) is 0 Å². The lowest BCUT2D eigenvalue weighted by atomic mass is 10.2. The molecule has 1 saturated carbocycles. The SMILES string of the molecule is CC(Nc1c(F)c(F)c(F)c(F)c1F)C(=O)NC1CC1. The van der Waals surface area contributed by atoms with Crippen molar-refractivity contribution in [3.05, 3.63) is 29.1 Å². The molecule has 0 aromatic heterocycles. The van der Waals surface area contributed by atoms with Crippen LogP contribution in [0.1, 0.15) is 19.8 Å². The number of hydrogen-bond acceptors (Lipinski definition) is 2. The van der Waals surface area contributed by atoms with Gasteiger partial charge >= 0.3 is 0 Å². The molecule has 1 aliphatic rings. The second-order valence-electron chi connectivity index (χ2n) is 4.59. The number of halogens is 5. The van der Waals surface area contributed by atoms with Crippen molar-refractivity contribution >= 4 is 11.6 Å². The topological polar surface area (TPSA) is 41.1 Å². The number of rotatable bonds is 4. The Hall–Kier alpha value is -1.86. The second kappa shape index (κ2) is 5.26. The van der Waals surface area contributed by atoms with Crippen LogP contribution in [0.25, 0.3) is 0 Å². The minimum atomic E-state index is -2.24. The Morgan fingerprint density at radius 1 is 1.00 bits per heavy atom. The molecule has 3 nitrogen and oxygen atoms in total. The molecule has 0 bridgehead atoms. The summed E-state index contributed by atoms with van der Waals surface area (Å²) in [4.78, 5) is 11.6. The van der Waals surface area contributed by atoms with E-state index in [9.17, 15) is 26.7 Å². The Balaban J connectivity index is 2.22. The van der Waals surface area contributed by atoms with E-state index in [4.69, 9.17) is 0 Å². The van der Waals surface area contributed by atoms with Gasteiger partial charge in [0, 0.05) is 6.04 Å². The average Bonchev–Trinajstić information content (AvgIpc) is 3.22. The van der Waals surface area contributed by atoms with Crippen LogP contribution in [-0.2, 0) is 4.79 Å². The van der Waals surface area contributed by atoms with Crippen molar-refractivity contribution in [2.45, 2.75) is 31.8 Å². The fourth-order valence-electron chi connectivity index (χ4n) is 1.57. The third-order valence-electron chi connectivity index (χ3n) is 2.89. The van der Waals surface area contributed by atoms with Crippen molar-refractivity contribution in [3.8, 4) is 0 Å². The molecule has 1 fully saturated rings. The summed E-state index contributed by atoms with van der Waals surface area (Å²) in [5.74, 6) is -10.9. The highest BCUT2D eigenvalue weighted by Crippen LogP contribution is 2.27. The lowest BCUT2D eigenvalue weighted by molar-refractivity contribution is -0.121. The Bertz CT molecular complexity index is 530. The summed E-state index contributed by atoms with van der Waals surface area (Å²) in [5, 5.41) is 4.56. The van der Waals surface area contributed by atoms with E-state index in [1.165, 1.54) is 6.92 Å². The highest BCUT2D eigenvalue weighted by atomic mass is 19.2. The highest BCUT2D eigenvalue weighted by Gasteiger charge is 2.29. The standard InChI is InChI=1S/C12H11F5N2O/c1-4(12(20)19-5-2-3-5)18-11-9(16)7(14)6(13)8(15)10(11)17/h4-5,18H,2-3H2,1H3,(H,19,20). The van der Waals surface area contributed by atoms with Crippen molar-refractivity contribution in [2.75, 3.05) is 5.32 Å². The first kappa shape index (κ1) is 14.5. The summed E-state index contributed by atoms with van der Waals surface area (Å²) in [5.41, 5.74) is -1.21. The van der Waals surface area contributed by atoms with Crippen LogP contribution in [0.2, 0.25) is 0 Å². The molecule has 2 rings (SSSR count). The monoisotopic (exact) mass is 294 g/mol. The van der Waals surface area contributed by atoms with Crippen LogP contribution in [0.3, 0.4) is 0 Å². The Morgan fingerprint density at radius 3 is 1.90 bits per heavy atom. The van der Waals surface area contributed by atoms with Gasteiger partial charge < -0.3 is 10.6 Å². The van der Waals surface area contributed by atoms with Gasteiger partial charge in [0.05, 0.1) is 0 Å². The second-order valence-corrected chi connectivity index (χ2v) is 4.59. The van der Waals surface area contributed by atoms with Gasteiger partial charge in [-0.05, 0) is 19.8 Å². The summed E-state index contributed by atoms with van der Waals surface area (Å²) >= 11 is 0. The van der Waals surface area contributed by atoms with Gasteiger partial charge in [-0.25, -0.2) is 22.0 Å². The lowest BCUT2D eigenvalue weighted by Gasteiger charge is -2.16. The molecule has 20 heavy (non-hydrogen) atoms. The molecule has 1 aromatic carbocycles. The third kappa shape index (κ3) is 2.68. The van der Waals surface area contributed by atoms with E-state index in [0.717, 1.165) is 12.8 Å². The van der Waals surface area contributed by atoms with Gasteiger partial charge in [-0.3, -0.25) is 4.79 Å². The summed E-state index contributed by atoms with van der Waals surface area (Å²) < 4.78 is 65.6. The number of carbonyl (C=O) groups is 1. The zero-order valence-electron chi connectivity index (χ0n) is 10.4. The molecule has 0 heterocycles. The van der Waals surface area contributed by atoms with Gasteiger partial charge in [-0.15, -0.1) is 0 Å². The van der Waals surface area contributed by atoms with Crippen LogP contribution >= 0.6 is 0 Å². The smallest absolute Gasteiger partial charge is 0.242 e. The summed E-state index contributed by atoms with van der Waals surface area (Å²) in [6.07, 6.45) is 1.61. The Kier molecular flexibility index (Phi) is 3.82. The maximum atomic E-state index is 13.4. The number of amides is 1. The maximum Gasteiger partial charge on any atom is 0.242 e. The molecule has 1 aromatic rings. The minimum absolute atomic E-state index is 0.0168. The van der Waals surface area contributed by atoms with Gasteiger partial charge in [0.2, 0.25) is 11.7 Å². The maximum absolute atomic E-state index is 13.4. The quantitative estimate of drug-likeness (QED) is 0.509. The van der Waals surface area contributed by atoms with Crippen molar-refractivity contribution in [1.82, 2.24) is 5.32 Å². The molecule has 0 spiro atoms. The molecule has 110 valence electrons. The van der Waals surface area contributed by atoms with Gasteiger partial charge in [-0.1, -0.05) is 0 Å². The summed E-state index contributed by atoms with van der Waals surface area (Å²) in [6, 6.07) is -1.12. The van der Waals surface area contributed by atoms with E-state index < -0.39 is 46.7 Å². The van der Waals surface area contributed by atoms with Crippen molar-refractivity contribution in [3.63, 3.8) is 0 Å². The first-order valence-electron chi connectivity index (χ1n) is 5.91. The first-order valence-corrected chi connectivity index (χ1v) is 5.91. The number of hydrogen-bond donors (Lipinski definition) is 2. The molecule has 0 aliphatic heterocycles. The number of carbonyl (C=O) groups excluding carboxylic acids is 1. The van der Waals surface area contributed by atoms with E-state index in [1.807, 2.05) is 5.32 Å². The van der Waals surface area contributed by atoms with E-state index in [-0.39, 0.29) is 6.04 Å². The Labute approximate surface area is 111 Å². The van der Waals surface area contributed by atoms with Crippen molar-refractivity contribution < 1.29 is 26.7 Å². The molecule has 2 N–H and O–H groups in total. The largest absolute Gasteiger partial charge is 0.369 e. The molecule has 8 heteroatoms. The van der Waals surface area contributed by atoms with Crippen LogP contribution < -0.4 is 10.6 Å². The minimum Gasteiger partial charge on any atom is -0.369 e. The molecule has 0 saturated heterocycles. The Morgan fingerprint density at radius 2 is 1.45 bits per heavy atom. The lowest BCUT2D eigenvalue weighted by Crippen LogP contribution is -2.39. The predicted molar refractivity (Wildman–Crippen MR) is 60.5 cm³/mol. The van der Waals surface area contributed by atoms with E-state index in [2.05, 4.69) is 5.32 Å². The zero-order chi connectivity index (χ0) is 15.0. The fraction of sp³-hybridized carbons (Fsp3) is 0.417. The summed E-state index contributed by atoms with van der Waals surface area (Å²) in [6.45, 7) is 1.26. The molecule has 0 radical (unpaired) electrons. The molecule has 1 atom stereocenters. The van der Waals surface area contributed by atoms with E-state index in [1.54, 1.807) is 0 Å². The van der Waals surface area contributed by atoms with Crippen molar-refractivity contribution in [1.29, 1.82) is 0 Å². The van der Waals surface area contributed by atoms with Crippen LogP contribution in [0.4, 0.5) is 27.6 Å². The number of anilines is 1. The molecule has 1 amide bonds. The highest BCUT2D eigenvalue weighted by molar-refractivity contribution is 5.84. The van der Waals surface area contributed by atoms with Gasteiger partial charge in [0.1, 0.15) is 11.7 Å².